The van der Waals surface area contributed by atoms with Crippen molar-refractivity contribution in [2.75, 3.05) is 7.11 Å². The summed E-state index contributed by atoms with van der Waals surface area (Å²) in [5.74, 6) is 0.722. The van der Waals surface area contributed by atoms with Crippen molar-refractivity contribution >= 4 is 34.5 Å². The Morgan fingerprint density at radius 2 is 1.81 bits per heavy atom. The summed E-state index contributed by atoms with van der Waals surface area (Å²) in [5, 5.41) is 6.84. The molecule has 0 aliphatic rings. The number of nitrogens with one attached hydrogen (secondary N) is 1. The van der Waals surface area contributed by atoms with E-state index in [4.69, 9.17) is 21.1 Å². The van der Waals surface area contributed by atoms with E-state index in [0.29, 0.717) is 28.7 Å². The summed E-state index contributed by atoms with van der Waals surface area (Å²) in [6, 6.07) is 26.7. The Balaban J connectivity index is 1.41. The predicted octanol–water partition coefficient (Wildman–Crippen LogP) is 5.84. The van der Waals surface area contributed by atoms with E-state index < -0.39 is 5.91 Å². The predicted molar refractivity (Wildman–Crippen MR) is 128 cm³/mol. The number of nitrogens with zero attached hydrogens (tertiary/aromatic N) is 1. The summed E-state index contributed by atoms with van der Waals surface area (Å²) in [6.45, 7) is 0.452. The van der Waals surface area contributed by atoms with Gasteiger partial charge in [0.2, 0.25) is 0 Å². The van der Waals surface area contributed by atoms with Crippen LogP contribution in [0.4, 0.5) is 0 Å². The Labute approximate surface area is 191 Å². The van der Waals surface area contributed by atoms with Gasteiger partial charge in [-0.15, -0.1) is 0 Å². The third-order valence-electron chi connectivity index (χ3n) is 4.92. The lowest BCUT2D eigenvalue weighted by Gasteiger charge is -2.09. The summed E-state index contributed by atoms with van der Waals surface area (Å²) >= 11 is 5.98. The third kappa shape index (κ3) is 5.07. The molecule has 5 nitrogen and oxygen atoms in total. The maximum absolute atomic E-state index is 12.4. The molecule has 4 aromatic rings. The summed E-state index contributed by atoms with van der Waals surface area (Å²) < 4.78 is 11.2. The van der Waals surface area contributed by atoms with Gasteiger partial charge in [-0.2, -0.15) is 5.10 Å². The lowest BCUT2D eigenvalue weighted by Crippen LogP contribution is -2.18. The van der Waals surface area contributed by atoms with E-state index >= 15 is 0 Å². The van der Waals surface area contributed by atoms with Gasteiger partial charge >= 0.3 is 0 Å². The number of carbonyl (C=O) groups is 1. The van der Waals surface area contributed by atoms with E-state index in [-0.39, 0.29) is 0 Å². The van der Waals surface area contributed by atoms with E-state index in [2.05, 4.69) is 34.8 Å². The summed E-state index contributed by atoms with van der Waals surface area (Å²) in [4.78, 5) is 12.4. The molecule has 0 radical (unpaired) electrons. The number of hydrogen-bond acceptors (Lipinski definition) is 4. The maximum Gasteiger partial charge on any atom is 0.275 e. The number of hydrogen-bond donors (Lipinski definition) is 1. The van der Waals surface area contributed by atoms with Crippen LogP contribution >= 0.6 is 11.6 Å². The van der Waals surface area contributed by atoms with Gasteiger partial charge in [-0.05, 0) is 52.2 Å². The highest BCUT2D eigenvalue weighted by atomic mass is 35.5. The Kier molecular flexibility index (Phi) is 6.68. The van der Waals surface area contributed by atoms with Crippen molar-refractivity contribution in [2.24, 2.45) is 5.10 Å². The molecule has 0 fully saturated rings. The van der Waals surface area contributed by atoms with E-state index in [1.807, 2.05) is 42.5 Å². The Hall–Kier alpha value is -3.83. The average molecular weight is 445 g/mol. The van der Waals surface area contributed by atoms with E-state index in [1.54, 1.807) is 18.3 Å². The van der Waals surface area contributed by atoms with Crippen LogP contribution in [-0.4, -0.2) is 19.2 Å². The van der Waals surface area contributed by atoms with Crippen molar-refractivity contribution in [3.8, 4) is 11.5 Å². The Bertz CT molecular complexity index is 1280. The van der Waals surface area contributed by atoms with Crippen LogP contribution in [0.15, 0.2) is 90.0 Å². The number of hydrazone groups is 1. The average Bonchev–Trinajstić information content (AvgIpc) is 2.83. The zero-order chi connectivity index (χ0) is 22.3. The second kappa shape index (κ2) is 9.98. The van der Waals surface area contributed by atoms with Gasteiger partial charge in [0.15, 0.2) is 0 Å². The Morgan fingerprint density at radius 1 is 1.00 bits per heavy atom. The smallest absolute Gasteiger partial charge is 0.275 e. The first kappa shape index (κ1) is 21.4. The number of amides is 1. The molecule has 4 rings (SSSR count). The molecular weight excluding hydrogens is 424 g/mol. The molecule has 4 aromatic carbocycles. The number of benzene rings is 4. The minimum Gasteiger partial charge on any atom is -0.496 e. The molecule has 0 bridgehead atoms. The van der Waals surface area contributed by atoms with Crippen LogP contribution in [0.25, 0.3) is 10.8 Å². The highest BCUT2D eigenvalue weighted by Gasteiger charge is 2.12. The van der Waals surface area contributed by atoms with Crippen LogP contribution in [-0.2, 0) is 6.61 Å². The normalized spacial score (nSPS) is 10.9. The van der Waals surface area contributed by atoms with Gasteiger partial charge in [-0.1, -0.05) is 66.2 Å². The fraction of sp³-hybridized carbons (Fsp3) is 0.0769. The van der Waals surface area contributed by atoms with Crippen LogP contribution in [0.5, 0.6) is 11.5 Å². The maximum atomic E-state index is 12.4. The second-order valence-corrected chi connectivity index (χ2v) is 7.48. The first-order chi connectivity index (χ1) is 15.6. The highest BCUT2D eigenvalue weighted by Crippen LogP contribution is 2.23. The lowest BCUT2D eigenvalue weighted by molar-refractivity contribution is 0.0952. The summed E-state index contributed by atoms with van der Waals surface area (Å²) in [7, 11) is 1.49. The van der Waals surface area contributed by atoms with Crippen molar-refractivity contribution < 1.29 is 14.3 Å². The monoisotopic (exact) mass is 444 g/mol. The van der Waals surface area contributed by atoms with Crippen molar-refractivity contribution in [1.82, 2.24) is 5.43 Å². The van der Waals surface area contributed by atoms with Gasteiger partial charge in [0.05, 0.1) is 18.9 Å². The summed E-state index contributed by atoms with van der Waals surface area (Å²) in [5.41, 5.74) is 4.71. The zero-order valence-electron chi connectivity index (χ0n) is 17.4. The van der Waals surface area contributed by atoms with Crippen molar-refractivity contribution in [1.29, 1.82) is 0 Å². The molecule has 0 aliphatic heterocycles. The van der Waals surface area contributed by atoms with E-state index in [9.17, 15) is 4.79 Å². The van der Waals surface area contributed by atoms with Crippen LogP contribution in [0.2, 0.25) is 5.02 Å². The van der Waals surface area contributed by atoms with Gasteiger partial charge in [0.1, 0.15) is 18.1 Å². The molecule has 0 saturated carbocycles. The van der Waals surface area contributed by atoms with Gasteiger partial charge < -0.3 is 9.47 Å². The molecule has 0 heterocycles. The molecule has 0 unspecified atom stereocenters. The molecule has 32 heavy (non-hydrogen) atoms. The van der Waals surface area contributed by atoms with Crippen molar-refractivity contribution in [2.45, 2.75) is 6.61 Å². The molecule has 0 aliphatic carbocycles. The quantitative estimate of drug-likeness (QED) is 0.287. The van der Waals surface area contributed by atoms with E-state index in [1.165, 1.54) is 23.9 Å². The number of fused-ring (bicyclic) bond motifs is 1. The van der Waals surface area contributed by atoms with Gasteiger partial charge in [-0.25, -0.2) is 5.43 Å². The largest absolute Gasteiger partial charge is 0.496 e. The lowest BCUT2D eigenvalue weighted by atomic mass is 10.1. The molecular formula is C26H21ClN2O3. The second-order valence-electron chi connectivity index (χ2n) is 7.04. The standard InChI is InChI=1S/C26H21ClN2O3/c1-31-25-13-12-21(27)15-24(25)26(30)29-28-16-18-6-4-10-22(14-18)32-17-20-9-5-8-19-7-2-3-11-23(19)20/h2-16H,17H2,1H3,(H,29,30)/b28-16+. The molecule has 6 heteroatoms. The number of ether oxygens (including phenoxy) is 2. The molecule has 160 valence electrons. The van der Waals surface area contributed by atoms with Crippen molar-refractivity contribution in [3.05, 3.63) is 107 Å². The number of methoxy groups -OCH3 is 1. The first-order valence-electron chi connectivity index (χ1n) is 10.0. The molecule has 0 spiro atoms. The number of rotatable bonds is 7. The van der Waals surface area contributed by atoms with E-state index in [0.717, 1.165) is 11.1 Å². The molecule has 0 saturated heterocycles. The number of halogens is 1. The fourth-order valence-electron chi connectivity index (χ4n) is 3.35. The van der Waals surface area contributed by atoms with Gasteiger partial charge in [0.25, 0.3) is 5.91 Å². The Morgan fingerprint density at radius 3 is 2.69 bits per heavy atom. The SMILES string of the molecule is COc1ccc(Cl)cc1C(=O)N/N=C/c1cccc(OCc2cccc3ccccc23)c1. The van der Waals surface area contributed by atoms with Crippen LogP contribution < -0.4 is 14.9 Å². The van der Waals surface area contributed by atoms with Crippen LogP contribution in [0.1, 0.15) is 21.5 Å². The van der Waals surface area contributed by atoms with Crippen molar-refractivity contribution in [3.63, 3.8) is 0 Å². The minimum absolute atomic E-state index is 0.310. The molecule has 0 atom stereocenters. The summed E-state index contributed by atoms with van der Waals surface area (Å²) in [6.07, 6.45) is 1.56. The van der Waals surface area contributed by atoms with Crippen LogP contribution in [0, 0.1) is 0 Å². The zero-order valence-corrected chi connectivity index (χ0v) is 18.2. The molecule has 1 amide bonds. The van der Waals surface area contributed by atoms with Crippen LogP contribution in [0.3, 0.4) is 0 Å². The third-order valence-corrected chi connectivity index (χ3v) is 5.15. The van der Waals surface area contributed by atoms with Gasteiger partial charge in [-0.3, -0.25) is 4.79 Å². The number of carbonyl (C=O) groups excluding carboxylic acids is 1. The van der Waals surface area contributed by atoms with Gasteiger partial charge in [0, 0.05) is 5.02 Å². The minimum atomic E-state index is -0.413. The molecule has 1 N–H and O–H groups in total. The topological polar surface area (TPSA) is 59.9 Å². The first-order valence-corrected chi connectivity index (χ1v) is 10.4. The highest BCUT2D eigenvalue weighted by molar-refractivity contribution is 6.31. The fourth-order valence-corrected chi connectivity index (χ4v) is 3.52. The molecule has 0 aromatic heterocycles.